The van der Waals surface area contributed by atoms with Crippen LogP contribution in [0.15, 0.2) is 60.7 Å². The molecule has 6 bridgehead atoms. The number of amides is 1. The van der Waals surface area contributed by atoms with Crippen molar-refractivity contribution in [2.45, 2.75) is 75.4 Å². The molecule has 4 saturated carbocycles. The normalized spacial score (nSPS) is 38.8. The van der Waals surface area contributed by atoms with E-state index in [1.165, 1.54) is 50.5 Å². The van der Waals surface area contributed by atoms with Crippen LogP contribution in [0.25, 0.3) is 0 Å². The lowest BCUT2D eigenvalue weighted by Crippen LogP contribution is -2.56. The lowest BCUT2D eigenvalue weighted by Gasteiger charge is -2.62. The van der Waals surface area contributed by atoms with E-state index in [-0.39, 0.29) is 5.41 Å². The number of piperazine rings is 1. The summed E-state index contributed by atoms with van der Waals surface area (Å²) in [6, 6.07) is 23.1. The molecule has 0 radical (unpaired) electrons. The van der Waals surface area contributed by atoms with Crippen molar-refractivity contribution in [3.8, 4) is 0 Å². The van der Waals surface area contributed by atoms with Crippen LogP contribution < -0.4 is 0 Å². The second kappa shape index (κ2) is 7.43. The van der Waals surface area contributed by atoms with Gasteiger partial charge in [0, 0.05) is 38.1 Å². The van der Waals surface area contributed by atoms with E-state index in [1.54, 1.807) is 5.56 Å². The van der Waals surface area contributed by atoms with E-state index < -0.39 is 0 Å². The molecule has 6 fully saturated rings. The van der Waals surface area contributed by atoms with Gasteiger partial charge in [-0.15, -0.1) is 0 Å². The van der Waals surface area contributed by atoms with Crippen LogP contribution in [0.3, 0.4) is 0 Å². The lowest BCUT2D eigenvalue weighted by atomic mass is 9.42. The lowest BCUT2D eigenvalue weighted by molar-refractivity contribution is -0.143. The number of carbonyl (C=O) groups is 1. The molecule has 2 aromatic carbocycles. The first kappa shape index (κ1) is 20.3. The average molecular weight is 441 g/mol. The largest absolute Gasteiger partial charge is 0.337 e. The first-order valence-corrected chi connectivity index (χ1v) is 13.2. The first-order valence-electron chi connectivity index (χ1n) is 13.2. The molecule has 4 unspecified atom stereocenters. The Hall–Kier alpha value is -2.13. The van der Waals surface area contributed by atoms with Crippen LogP contribution in [-0.4, -0.2) is 40.9 Å². The number of fused-ring (bicyclic) bond motifs is 2. The van der Waals surface area contributed by atoms with Gasteiger partial charge in [-0.2, -0.15) is 0 Å². The van der Waals surface area contributed by atoms with Gasteiger partial charge in [0.05, 0.1) is 0 Å². The number of rotatable bonds is 5. The molecule has 8 rings (SSSR count). The van der Waals surface area contributed by atoms with Crippen molar-refractivity contribution in [1.29, 1.82) is 0 Å². The highest BCUT2D eigenvalue weighted by Gasteiger charge is 2.59. The maximum Gasteiger partial charge on any atom is 0.223 e. The molecule has 2 aliphatic heterocycles. The van der Waals surface area contributed by atoms with Gasteiger partial charge in [-0.1, -0.05) is 60.7 Å². The Balaban J connectivity index is 1.06. The molecule has 6 aliphatic rings. The Bertz CT molecular complexity index is 1020. The maximum absolute atomic E-state index is 13.7. The number of hydrogen-bond acceptors (Lipinski definition) is 2. The molecule has 33 heavy (non-hydrogen) atoms. The number of benzene rings is 2. The minimum atomic E-state index is 0.253. The quantitative estimate of drug-likeness (QED) is 0.621. The van der Waals surface area contributed by atoms with Crippen LogP contribution in [0, 0.1) is 17.3 Å². The summed E-state index contributed by atoms with van der Waals surface area (Å²) < 4.78 is 0. The summed E-state index contributed by atoms with van der Waals surface area (Å²) in [5.41, 5.74) is 3.53. The third-order valence-electron chi connectivity index (χ3n) is 10.00. The molecular formula is C30H36N2O. The molecule has 4 atom stereocenters. The van der Waals surface area contributed by atoms with Crippen LogP contribution in [0.2, 0.25) is 0 Å². The van der Waals surface area contributed by atoms with Gasteiger partial charge < -0.3 is 4.90 Å². The predicted molar refractivity (Wildman–Crippen MR) is 131 cm³/mol. The van der Waals surface area contributed by atoms with E-state index in [9.17, 15) is 4.79 Å². The van der Waals surface area contributed by atoms with Crippen LogP contribution in [0.5, 0.6) is 0 Å². The Morgan fingerprint density at radius 2 is 1.52 bits per heavy atom. The highest BCUT2D eigenvalue weighted by Crippen LogP contribution is 2.66. The molecule has 2 aromatic rings. The third-order valence-corrected chi connectivity index (χ3v) is 10.00. The summed E-state index contributed by atoms with van der Waals surface area (Å²) in [5.74, 6) is 2.12. The summed E-state index contributed by atoms with van der Waals surface area (Å²) in [6.45, 7) is 3.03. The molecule has 2 saturated heterocycles. The highest BCUT2D eigenvalue weighted by atomic mass is 16.2. The summed E-state index contributed by atoms with van der Waals surface area (Å²) in [7, 11) is 0. The number of nitrogens with zero attached hydrogens (tertiary/aromatic N) is 2. The zero-order chi connectivity index (χ0) is 22.0. The van der Waals surface area contributed by atoms with Gasteiger partial charge in [0.25, 0.3) is 0 Å². The fraction of sp³-hybridized carbons (Fsp3) is 0.567. The molecule has 3 nitrogen and oxygen atoms in total. The molecule has 172 valence electrons. The smallest absolute Gasteiger partial charge is 0.223 e. The molecule has 0 spiro atoms. The SMILES string of the molecule is O=C(CC12CC3CC(C1)CC(c1ccccc1)(C3)C2)N1CC2CC1CN2Cc1ccccc1. The topological polar surface area (TPSA) is 23.6 Å². The fourth-order valence-corrected chi connectivity index (χ4v) is 9.28. The number of carbonyl (C=O) groups excluding carboxylic acids is 1. The van der Waals surface area contributed by atoms with Crippen molar-refractivity contribution < 1.29 is 4.79 Å². The van der Waals surface area contributed by atoms with Crippen molar-refractivity contribution in [3.05, 3.63) is 71.8 Å². The molecule has 0 N–H and O–H groups in total. The van der Waals surface area contributed by atoms with Crippen LogP contribution in [-0.2, 0) is 16.8 Å². The van der Waals surface area contributed by atoms with Crippen molar-refractivity contribution >= 4 is 5.91 Å². The van der Waals surface area contributed by atoms with Crippen molar-refractivity contribution in [2.24, 2.45) is 17.3 Å². The van der Waals surface area contributed by atoms with Gasteiger partial charge in [0.15, 0.2) is 0 Å². The minimum absolute atomic E-state index is 0.253. The Labute approximate surface area is 198 Å². The van der Waals surface area contributed by atoms with Crippen LogP contribution in [0.1, 0.15) is 62.5 Å². The standard InChI is InChI=1S/C30H36N2O/c33-28(32-20-26-12-27(32)19-31(26)18-22-7-3-1-4-8-22)17-29-13-23-11-24(14-29)16-30(15-23,21-29)25-9-5-2-6-10-25/h1-10,23-24,26-27H,11-21H2. The molecule has 1 amide bonds. The maximum atomic E-state index is 13.7. The molecule has 0 aromatic heterocycles. The molecule has 4 aliphatic carbocycles. The summed E-state index contributed by atoms with van der Waals surface area (Å²) in [6.07, 6.45) is 9.93. The van der Waals surface area contributed by atoms with Crippen LogP contribution in [0.4, 0.5) is 0 Å². The second-order valence-corrected chi connectivity index (χ2v) is 12.3. The van der Waals surface area contributed by atoms with E-state index in [0.29, 0.717) is 23.4 Å². The van der Waals surface area contributed by atoms with Crippen molar-refractivity contribution in [3.63, 3.8) is 0 Å². The number of hydrogen-bond donors (Lipinski definition) is 0. The zero-order valence-corrected chi connectivity index (χ0v) is 19.7. The van der Waals surface area contributed by atoms with Gasteiger partial charge >= 0.3 is 0 Å². The second-order valence-electron chi connectivity index (χ2n) is 12.3. The van der Waals surface area contributed by atoms with Gasteiger partial charge in [-0.05, 0) is 78.7 Å². The van der Waals surface area contributed by atoms with E-state index in [2.05, 4.69) is 70.5 Å². The Kier molecular flexibility index (Phi) is 4.56. The van der Waals surface area contributed by atoms with Gasteiger partial charge in [-0.25, -0.2) is 0 Å². The van der Waals surface area contributed by atoms with Crippen molar-refractivity contribution in [1.82, 2.24) is 9.80 Å². The van der Waals surface area contributed by atoms with E-state index in [0.717, 1.165) is 37.9 Å². The van der Waals surface area contributed by atoms with Gasteiger partial charge in [0.2, 0.25) is 5.91 Å². The average Bonchev–Trinajstić information content (AvgIpc) is 3.40. The van der Waals surface area contributed by atoms with Gasteiger partial charge in [0.1, 0.15) is 0 Å². The Morgan fingerprint density at radius 3 is 2.18 bits per heavy atom. The summed E-state index contributed by atoms with van der Waals surface area (Å²) in [5, 5.41) is 0. The molecular weight excluding hydrogens is 404 g/mol. The monoisotopic (exact) mass is 440 g/mol. The van der Waals surface area contributed by atoms with Gasteiger partial charge in [-0.3, -0.25) is 9.69 Å². The summed E-state index contributed by atoms with van der Waals surface area (Å²) in [4.78, 5) is 18.6. The van der Waals surface area contributed by atoms with Crippen molar-refractivity contribution in [2.75, 3.05) is 13.1 Å². The minimum Gasteiger partial charge on any atom is -0.337 e. The molecule has 2 heterocycles. The van der Waals surface area contributed by atoms with Crippen LogP contribution >= 0.6 is 0 Å². The fourth-order valence-electron chi connectivity index (χ4n) is 9.28. The Morgan fingerprint density at radius 1 is 0.818 bits per heavy atom. The first-order chi connectivity index (χ1) is 16.1. The van der Waals surface area contributed by atoms with E-state index in [4.69, 9.17) is 0 Å². The zero-order valence-electron chi connectivity index (χ0n) is 19.7. The van der Waals surface area contributed by atoms with E-state index in [1.807, 2.05) is 0 Å². The summed E-state index contributed by atoms with van der Waals surface area (Å²) >= 11 is 0. The van der Waals surface area contributed by atoms with E-state index >= 15 is 0 Å². The predicted octanol–water partition coefficient (Wildman–Crippen LogP) is 5.40. The highest BCUT2D eigenvalue weighted by molar-refractivity contribution is 5.78. The number of likely N-dealkylation sites (tertiary alicyclic amines) is 2. The third kappa shape index (κ3) is 3.38. The molecule has 3 heteroatoms.